The maximum Gasteiger partial charge on any atom is 0.187 e. The van der Waals surface area contributed by atoms with E-state index in [1.807, 2.05) is 0 Å². The average Bonchev–Trinajstić information content (AvgIpc) is 2.57. The first-order valence-electron chi connectivity index (χ1n) is 5.63. The molecule has 1 fully saturated rings. The highest BCUT2D eigenvalue weighted by Crippen LogP contribution is 2.38. The molecule has 90 valence electrons. The molecule has 1 aliphatic rings. The molecule has 1 heterocycles. The molecule has 0 unspecified atom stereocenters. The van der Waals surface area contributed by atoms with E-state index in [1.165, 1.54) is 19.3 Å². The third-order valence-electron chi connectivity index (χ3n) is 3.60. The first kappa shape index (κ1) is 11.7. The Bertz CT molecular complexity index is 357. The van der Waals surface area contributed by atoms with Gasteiger partial charge < -0.3 is 15.5 Å². The monoisotopic (exact) mass is 240 g/mol. The van der Waals surface area contributed by atoms with Gasteiger partial charge in [-0.2, -0.15) is 0 Å². The number of nitrogen functional groups attached to an aromatic ring is 1. The number of anilines is 2. The zero-order chi connectivity index (χ0) is 11.8. The predicted molar refractivity (Wildman–Crippen MR) is 70.1 cm³/mol. The maximum atomic E-state index is 5.71. The fourth-order valence-corrected chi connectivity index (χ4v) is 2.94. The van der Waals surface area contributed by atoms with Gasteiger partial charge in [0.05, 0.1) is 6.20 Å². The van der Waals surface area contributed by atoms with Crippen LogP contribution in [0.2, 0.25) is 0 Å². The van der Waals surface area contributed by atoms with Crippen LogP contribution in [0.5, 0.6) is 0 Å². The Morgan fingerprint density at radius 1 is 1.44 bits per heavy atom. The molecule has 2 rings (SSSR count). The first-order valence-corrected chi connectivity index (χ1v) is 6.45. The third-order valence-corrected chi connectivity index (χ3v) is 4.54. The fraction of sp³-hybridized carbons (Fsp3) is 0.727. The van der Waals surface area contributed by atoms with E-state index in [0.29, 0.717) is 5.54 Å². The van der Waals surface area contributed by atoms with Crippen LogP contribution in [0.3, 0.4) is 0 Å². The second-order valence-corrected chi connectivity index (χ2v) is 5.91. The van der Waals surface area contributed by atoms with E-state index in [2.05, 4.69) is 35.9 Å². The molecule has 0 bridgehead atoms. The summed E-state index contributed by atoms with van der Waals surface area (Å²) in [7, 11) is 6.44. The van der Waals surface area contributed by atoms with Crippen LogP contribution >= 0.6 is 11.3 Å². The molecule has 0 aliphatic heterocycles. The van der Waals surface area contributed by atoms with E-state index in [-0.39, 0.29) is 0 Å². The molecule has 0 amide bonds. The van der Waals surface area contributed by atoms with Gasteiger partial charge in [0.1, 0.15) is 5.00 Å². The van der Waals surface area contributed by atoms with E-state index < -0.39 is 0 Å². The van der Waals surface area contributed by atoms with Crippen LogP contribution in [0.15, 0.2) is 6.20 Å². The van der Waals surface area contributed by atoms with Crippen molar-refractivity contribution in [3.05, 3.63) is 6.20 Å². The molecule has 0 aromatic carbocycles. The van der Waals surface area contributed by atoms with Crippen molar-refractivity contribution < 1.29 is 0 Å². The maximum absolute atomic E-state index is 5.71. The van der Waals surface area contributed by atoms with Crippen molar-refractivity contribution in [3.8, 4) is 0 Å². The number of rotatable bonds is 4. The summed E-state index contributed by atoms with van der Waals surface area (Å²) in [5, 5.41) is 1.81. The Balaban J connectivity index is 2.04. The van der Waals surface area contributed by atoms with Gasteiger partial charge in [-0.05, 0) is 33.4 Å². The standard InChI is InChI=1S/C11H20N4S/c1-14(2)11(5-4-6-11)8-15(3)10-13-7-9(12)16-10/h7H,4-6,8,12H2,1-3H3. The first-order chi connectivity index (χ1) is 7.53. The minimum atomic E-state index is 0.342. The number of nitrogens with zero attached hydrogens (tertiary/aromatic N) is 3. The highest BCUT2D eigenvalue weighted by Gasteiger charge is 2.40. The molecule has 2 N–H and O–H groups in total. The molecule has 0 radical (unpaired) electrons. The van der Waals surface area contributed by atoms with Gasteiger partial charge in [0.15, 0.2) is 5.13 Å². The van der Waals surface area contributed by atoms with Gasteiger partial charge in [0, 0.05) is 19.1 Å². The fourth-order valence-electron chi connectivity index (χ4n) is 2.29. The van der Waals surface area contributed by atoms with E-state index >= 15 is 0 Å². The quantitative estimate of drug-likeness (QED) is 0.869. The van der Waals surface area contributed by atoms with Crippen LogP contribution in [0.25, 0.3) is 0 Å². The lowest BCUT2D eigenvalue weighted by Crippen LogP contribution is -2.56. The van der Waals surface area contributed by atoms with Crippen LogP contribution in [-0.2, 0) is 0 Å². The summed E-state index contributed by atoms with van der Waals surface area (Å²) in [6.45, 7) is 1.03. The number of thiazole rings is 1. The molecule has 5 heteroatoms. The van der Waals surface area contributed by atoms with Crippen molar-refractivity contribution in [3.63, 3.8) is 0 Å². The van der Waals surface area contributed by atoms with Crippen LogP contribution in [0, 0.1) is 0 Å². The molecule has 0 saturated heterocycles. The summed E-state index contributed by atoms with van der Waals surface area (Å²) in [6, 6.07) is 0. The molecule has 16 heavy (non-hydrogen) atoms. The van der Waals surface area contributed by atoms with E-state index in [0.717, 1.165) is 16.7 Å². The number of aromatic nitrogens is 1. The lowest BCUT2D eigenvalue weighted by Gasteiger charge is -2.49. The minimum Gasteiger partial charge on any atom is -0.389 e. The largest absolute Gasteiger partial charge is 0.389 e. The minimum absolute atomic E-state index is 0.342. The SMILES string of the molecule is CN(CC1(N(C)C)CCC1)c1ncc(N)s1. The van der Waals surface area contributed by atoms with E-state index in [9.17, 15) is 0 Å². The van der Waals surface area contributed by atoms with Gasteiger partial charge in [-0.25, -0.2) is 4.98 Å². The molecule has 1 aromatic rings. The summed E-state index contributed by atoms with van der Waals surface area (Å²) in [5.41, 5.74) is 6.05. The molecule has 1 aliphatic carbocycles. The van der Waals surface area contributed by atoms with Gasteiger partial charge in [-0.15, -0.1) is 0 Å². The molecule has 0 atom stereocenters. The van der Waals surface area contributed by atoms with Crippen molar-refractivity contribution in [2.45, 2.75) is 24.8 Å². The van der Waals surface area contributed by atoms with Gasteiger partial charge in [-0.1, -0.05) is 11.3 Å². The molecule has 1 saturated carbocycles. The highest BCUT2D eigenvalue weighted by molar-refractivity contribution is 7.19. The lowest BCUT2D eigenvalue weighted by atomic mass is 9.75. The van der Waals surface area contributed by atoms with Gasteiger partial charge in [0.2, 0.25) is 0 Å². The summed E-state index contributed by atoms with van der Waals surface area (Å²) in [5.74, 6) is 0. The summed E-state index contributed by atoms with van der Waals surface area (Å²) < 4.78 is 0. The number of likely N-dealkylation sites (N-methyl/N-ethyl adjacent to an activating group) is 2. The number of hydrogen-bond donors (Lipinski definition) is 1. The number of hydrogen-bond acceptors (Lipinski definition) is 5. The van der Waals surface area contributed by atoms with Crippen LogP contribution < -0.4 is 10.6 Å². The van der Waals surface area contributed by atoms with Crippen LogP contribution in [0.1, 0.15) is 19.3 Å². The second kappa shape index (κ2) is 4.22. The topological polar surface area (TPSA) is 45.4 Å². The van der Waals surface area contributed by atoms with Crippen LogP contribution in [-0.4, -0.2) is 43.1 Å². The average molecular weight is 240 g/mol. The van der Waals surface area contributed by atoms with Crippen molar-refractivity contribution in [1.82, 2.24) is 9.88 Å². The molecule has 4 nitrogen and oxygen atoms in total. The molecular weight excluding hydrogens is 220 g/mol. The molecular formula is C11H20N4S. The highest BCUT2D eigenvalue weighted by atomic mass is 32.1. The van der Waals surface area contributed by atoms with E-state index in [1.54, 1.807) is 17.5 Å². The Morgan fingerprint density at radius 2 is 2.12 bits per heavy atom. The van der Waals surface area contributed by atoms with E-state index in [4.69, 9.17) is 5.73 Å². The number of nitrogens with two attached hydrogens (primary N) is 1. The zero-order valence-corrected chi connectivity index (χ0v) is 11.0. The van der Waals surface area contributed by atoms with Crippen molar-refractivity contribution in [2.75, 3.05) is 38.3 Å². The van der Waals surface area contributed by atoms with Crippen molar-refractivity contribution in [1.29, 1.82) is 0 Å². The van der Waals surface area contributed by atoms with Crippen molar-refractivity contribution in [2.24, 2.45) is 0 Å². The normalized spacial score (nSPS) is 18.5. The zero-order valence-electron chi connectivity index (χ0n) is 10.2. The Morgan fingerprint density at radius 3 is 2.50 bits per heavy atom. The van der Waals surface area contributed by atoms with Crippen molar-refractivity contribution >= 4 is 21.5 Å². The molecule has 0 spiro atoms. The van der Waals surface area contributed by atoms with Gasteiger partial charge >= 0.3 is 0 Å². The summed E-state index contributed by atoms with van der Waals surface area (Å²) in [6.07, 6.45) is 5.64. The Labute approximate surface area is 101 Å². The summed E-state index contributed by atoms with van der Waals surface area (Å²) >= 11 is 1.56. The predicted octanol–water partition coefficient (Wildman–Crippen LogP) is 1.65. The lowest BCUT2D eigenvalue weighted by molar-refractivity contribution is 0.0683. The third kappa shape index (κ3) is 2.01. The van der Waals surface area contributed by atoms with Crippen LogP contribution in [0.4, 0.5) is 10.1 Å². The van der Waals surface area contributed by atoms with Gasteiger partial charge in [0.25, 0.3) is 0 Å². The summed E-state index contributed by atoms with van der Waals surface area (Å²) in [4.78, 5) is 8.89. The Hall–Kier alpha value is -0.810. The second-order valence-electron chi connectivity index (χ2n) is 4.87. The molecule has 1 aromatic heterocycles. The van der Waals surface area contributed by atoms with Gasteiger partial charge in [-0.3, -0.25) is 0 Å². The Kier molecular flexibility index (Phi) is 3.08. The smallest absolute Gasteiger partial charge is 0.187 e.